The molecule has 0 amide bonds. The van der Waals surface area contributed by atoms with Crippen LogP contribution in [0.2, 0.25) is 0 Å². The molecule has 0 aromatic carbocycles. The summed E-state index contributed by atoms with van der Waals surface area (Å²) in [4.78, 5) is 0. The molecule has 16 heavy (non-hydrogen) atoms. The predicted molar refractivity (Wildman–Crippen MR) is 67.9 cm³/mol. The van der Waals surface area contributed by atoms with E-state index in [9.17, 15) is 0 Å². The fourth-order valence-electron chi connectivity index (χ4n) is 2.57. The van der Waals surface area contributed by atoms with Gasteiger partial charge in [-0.05, 0) is 37.8 Å². The molecule has 2 aliphatic rings. The first-order valence-corrected chi connectivity index (χ1v) is 7.74. The Morgan fingerprint density at radius 1 is 1.25 bits per heavy atom. The second kappa shape index (κ2) is 6.24. The molecule has 1 spiro atoms. The molecule has 1 heterocycles. The number of hydrogen-bond acceptors (Lipinski definition) is 4. The largest absolute Gasteiger partial charge is 0.348 e. The van der Waals surface area contributed by atoms with E-state index >= 15 is 0 Å². The second-order valence-electron chi connectivity index (χ2n) is 4.68. The molecule has 2 rings (SSSR count). The summed E-state index contributed by atoms with van der Waals surface area (Å²) in [6, 6.07) is 0.681. The fraction of sp³-hybridized carbons (Fsp3) is 1.00. The zero-order valence-corrected chi connectivity index (χ0v) is 11.0. The molecule has 1 aliphatic heterocycles. The van der Waals surface area contributed by atoms with Crippen molar-refractivity contribution in [1.82, 2.24) is 5.32 Å². The highest BCUT2D eigenvalue weighted by Gasteiger charge is 2.39. The van der Waals surface area contributed by atoms with E-state index in [4.69, 9.17) is 9.47 Å². The quantitative estimate of drug-likeness (QED) is 0.751. The lowest BCUT2D eigenvalue weighted by molar-refractivity contribution is -0.179. The smallest absolute Gasteiger partial charge is 0.168 e. The Labute approximate surface area is 103 Å². The maximum Gasteiger partial charge on any atom is 0.168 e. The molecular weight excluding hydrogens is 222 g/mol. The maximum atomic E-state index is 5.72. The first kappa shape index (κ1) is 12.7. The van der Waals surface area contributed by atoms with Gasteiger partial charge in [-0.15, -0.1) is 0 Å². The topological polar surface area (TPSA) is 30.5 Å². The number of nitrogens with one attached hydrogen (secondary N) is 1. The Kier molecular flexibility index (Phi) is 4.95. The zero-order valence-electron chi connectivity index (χ0n) is 10.2. The molecular formula is C12H23NO2S. The van der Waals surface area contributed by atoms with Gasteiger partial charge in [-0.25, -0.2) is 0 Å². The lowest BCUT2D eigenvalue weighted by Gasteiger charge is -2.35. The van der Waals surface area contributed by atoms with E-state index in [0.29, 0.717) is 6.04 Å². The van der Waals surface area contributed by atoms with Crippen LogP contribution in [-0.2, 0) is 9.47 Å². The van der Waals surface area contributed by atoms with Crippen molar-refractivity contribution in [2.24, 2.45) is 0 Å². The van der Waals surface area contributed by atoms with E-state index in [-0.39, 0.29) is 5.79 Å². The Hall–Kier alpha value is 0.230. The third kappa shape index (κ3) is 3.36. The molecule has 1 N–H and O–H groups in total. The third-order valence-electron chi connectivity index (χ3n) is 3.52. The van der Waals surface area contributed by atoms with Crippen LogP contribution in [0.5, 0.6) is 0 Å². The average molecular weight is 245 g/mol. The minimum atomic E-state index is -0.197. The van der Waals surface area contributed by atoms with Crippen molar-refractivity contribution in [3.05, 3.63) is 0 Å². The first-order valence-electron chi connectivity index (χ1n) is 6.35. The van der Waals surface area contributed by atoms with Crippen molar-refractivity contribution in [2.45, 2.75) is 43.9 Å². The summed E-state index contributed by atoms with van der Waals surface area (Å²) in [6.07, 6.45) is 7.95. The highest BCUT2D eigenvalue weighted by atomic mass is 32.2. The minimum Gasteiger partial charge on any atom is -0.348 e. The van der Waals surface area contributed by atoms with E-state index in [2.05, 4.69) is 11.6 Å². The second-order valence-corrected chi connectivity index (χ2v) is 5.67. The highest BCUT2D eigenvalue weighted by Crippen LogP contribution is 2.35. The van der Waals surface area contributed by atoms with Gasteiger partial charge in [-0.2, -0.15) is 11.8 Å². The number of ether oxygens (including phenoxy) is 2. The van der Waals surface area contributed by atoms with Gasteiger partial charge >= 0.3 is 0 Å². The van der Waals surface area contributed by atoms with Gasteiger partial charge in [0.25, 0.3) is 0 Å². The Bertz CT molecular complexity index is 197. The molecule has 0 bridgehead atoms. The van der Waals surface area contributed by atoms with Crippen LogP contribution in [0.15, 0.2) is 0 Å². The average Bonchev–Trinajstić information content (AvgIpc) is 2.76. The van der Waals surface area contributed by atoms with E-state index in [0.717, 1.165) is 32.6 Å². The minimum absolute atomic E-state index is 0.197. The molecule has 2 fully saturated rings. The molecule has 94 valence electrons. The monoisotopic (exact) mass is 245 g/mol. The summed E-state index contributed by atoms with van der Waals surface area (Å²) in [5.41, 5.74) is 0. The normalized spacial score (nSPS) is 25.3. The van der Waals surface area contributed by atoms with Gasteiger partial charge in [0.1, 0.15) is 0 Å². The molecule has 0 atom stereocenters. The van der Waals surface area contributed by atoms with Crippen LogP contribution in [0.4, 0.5) is 0 Å². The van der Waals surface area contributed by atoms with E-state index < -0.39 is 0 Å². The molecule has 1 saturated carbocycles. The van der Waals surface area contributed by atoms with Crippen molar-refractivity contribution in [1.29, 1.82) is 0 Å². The van der Waals surface area contributed by atoms with Gasteiger partial charge < -0.3 is 14.8 Å². The summed E-state index contributed by atoms with van der Waals surface area (Å²) < 4.78 is 11.4. The van der Waals surface area contributed by atoms with Gasteiger partial charge in [0.05, 0.1) is 13.2 Å². The number of thioether (sulfide) groups is 1. The highest BCUT2D eigenvalue weighted by molar-refractivity contribution is 7.98. The summed E-state index contributed by atoms with van der Waals surface area (Å²) in [5, 5.41) is 3.64. The predicted octanol–water partition coefficient (Wildman–Crippen LogP) is 2.01. The summed E-state index contributed by atoms with van der Waals surface area (Å²) in [6.45, 7) is 2.72. The SMILES string of the molecule is CSCCCNC1CCC2(CC1)OCCO2. The maximum absolute atomic E-state index is 5.72. The van der Waals surface area contributed by atoms with E-state index in [1.807, 2.05) is 11.8 Å². The van der Waals surface area contributed by atoms with Gasteiger partial charge in [0.15, 0.2) is 5.79 Å². The number of hydrogen-bond donors (Lipinski definition) is 1. The molecule has 3 nitrogen and oxygen atoms in total. The standard InChI is InChI=1S/C12H23NO2S/c1-16-10-2-7-13-11-3-5-12(6-4-11)14-8-9-15-12/h11,13H,2-10H2,1H3. The summed E-state index contributed by atoms with van der Waals surface area (Å²) >= 11 is 1.92. The molecule has 4 heteroatoms. The fourth-order valence-corrected chi connectivity index (χ4v) is 3.00. The summed E-state index contributed by atoms with van der Waals surface area (Å²) in [7, 11) is 0. The molecule has 0 unspecified atom stereocenters. The lowest BCUT2D eigenvalue weighted by Crippen LogP contribution is -2.42. The lowest BCUT2D eigenvalue weighted by atomic mass is 9.90. The summed E-state index contributed by atoms with van der Waals surface area (Å²) in [5.74, 6) is 1.06. The van der Waals surface area contributed by atoms with Crippen LogP contribution in [0.1, 0.15) is 32.1 Å². The van der Waals surface area contributed by atoms with Gasteiger partial charge in [-0.1, -0.05) is 0 Å². The van der Waals surface area contributed by atoms with E-state index in [1.54, 1.807) is 0 Å². The molecule has 0 aromatic heterocycles. The van der Waals surface area contributed by atoms with Crippen LogP contribution in [0, 0.1) is 0 Å². The van der Waals surface area contributed by atoms with Crippen molar-refractivity contribution in [3.8, 4) is 0 Å². The molecule has 1 aliphatic carbocycles. The van der Waals surface area contributed by atoms with Crippen LogP contribution in [0.25, 0.3) is 0 Å². The van der Waals surface area contributed by atoms with E-state index in [1.165, 1.54) is 25.0 Å². The number of rotatable bonds is 5. The van der Waals surface area contributed by atoms with Gasteiger partial charge in [0, 0.05) is 18.9 Å². The van der Waals surface area contributed by atoms with Crippen LogP contribution < -0.4 is 5.32 Å². The van der Waals surface area contributed by atoms with Crippen molar-refractivity contribution in [3.63, 3.8) is 0 Å². The Morgan fingerprint density at radius 2 is 1.94 bits per heavy atom. The zero-order chi connectivity index (χ0) is 11.3. The van der Waals surface area contributed by atoms with Gasteiger partial charge in [-0.3, -0.25) is 0 Å². The first-order chi connectivity index (χ1) is 7.85. The van der Waals surface area contributed by atoms with Crippen molar-refractivity contribution >= 4 is 11.8 Å². The third-order valence-corrected chi connectivity index (χ3v) is 4.22. The van der Waals surface area contributed by atoms with Crippen molar-refractivity contribution < 1.29 is 9.47 Å². The Morgan fingerprint density at radius 3 is 2.56 bits per heavy atom. The Balaban J connectivity index is 1.61. The molecule has 1 saturated heterocycles. The van der Waals surface area contributed by atoms with Crippen LogP contribution in [-0.4, -0.2) is 43.6 Å². The van der Waals surface area contributed by atoms with Crippen LogP contribution in [0.3, 0.4) is 0 Å². The van der Waals surface area contributed by atoms with Crippen molar-refractivity contribution in [2.75, 3.05) is 31.8 Å². The molecule has 0 aromatic rings. The molecule has 0 radical (unpaired) electrons. The van der Waals surface area contributed by atoms with Gasteiger partial charge in [0.2, 0.25) is 0 Å². The van der Waals surface area contributed by atoms with Crippen LogP contribution >= 0.6 is 11.8 Å².